The first-order chi connectivity index (χ1) is 6.16. The Labute approximate surface area is 75.6 Å². The Morgan fingerprint density at radius 3 is 3.00 bits per heavy atom. The van der Waals surface area contributed by atoms with E-state index in [-0.39, 0.29) is 11.8 Å². The lowest BCUT2D eigenvalue weighted by atomic mass is 10.2. The second kappa shape index (κ2) is 3.75. The Bertz CT molecular complexity index is 311. The molecule has 1 rings (SSSR count). The Morgan fingerprint density at radius 1 is 1.85 bits per heavy atom. The van der Waals surface area contributed by atoms with Crippen molar-refractivity contribution in [1.82, 2.24) is 10.5 Å². The SMILES string of the molecule is C=CCNC(=O)c1c(C)noc1N. The molecule has 1 heterocycles. The molecule has 3 N–H and O–H groups in total. The van der Waals surface area contributed by atoms with Crippen molar-refractivity contribution in [3.05, 3.63) is 23.9 Å². The molecule has 1 aromatic heterocycles. The van der Waals surface area contributed by atoms with Crippen molar-refractivity contribution in [2.24, 2.45) is 0 Å². The Balaban J connectivity index is 2.81. The van der Waals surface area contributed by atoms with Gasteiger partial charge < -0.3 is 15.6 Å². The maximum Gasteiger partial charge on any atom is 0.259 e. The Morgan fingerprint density at radius 2 is 2.54 bits per heavy atom. The van der Waals surface area contributed by atoms with E-state index in [0.717, 1.165) is 0 Å². The molecule has 13 heavy (non-hydrogen) atoms. The number of nitrogen functional groups attached to an aromatic ring is 1. The van der Waals surface area contributed by atoms with Gasteiger partial charge in [-0.05, 0) is 6.92 Å². The van der Waals surface area contributed by atoms with Crippen molar-refractivity contribution < 1.29 is 9.32 Å². The highest BCUT2D eigenvalue weighted by atomic mass is 16.5. The van der Waals surface area contributed by atoms with Crippen molar-refractivity contribution >= 4 is 11.8 Å². The van der Waals surface area contributed by atoms with Gasteiger partial charge in [-0.25, -0.2) is 0 Å². The van der Waals surface area contributed by atoms with Crippen LogP contribution in [0.25, 0.3) is 0 Å². The van der Waals surface area contributed by atoms with E-state index in [0.29, 0.717) is 17.8 Å². The van der Waals surface area contributed by atoms with Crippen LogP contribution >= 0.6 is 0 Å². The first kappa shape index (κ1) is 9.31. The topological polar surface area (TPSA) is 81.2 Å². The molecule has 0 saturated heterocycles. The van der Waals surface area contributed by atoms with Gasteiger partial charge in [0.25, 0.3) is 5.91 Å². The molecule has 0 unspecified atom stereocenters. The lowest BCUT2D eigenvalue weighted by Gasteiger charge is -1.99. The number of carbonyl (C=O) groups is 1. The van der Waals surface area contributed by atoms with Crippen LogP contribution in [0, 0.1) is 6.92 Å². The molecule has 5 heteroatoms. The number of aryl methyl sites for hydroxylation is 1. The fourth-order valence-corrected chi connectivity index (χ4v) is 0.917. The van der Waals surface area contributed by atoms with E-state index in [9.17, 15) is 4.79 Å². The largest absolute Gasteiger partial charge is 0.367 e. The third kappa shape index (κ3) is 1.87. The van der Waals surface area contributed by atoms with Crippen LogP contribution in [0.4, 0.5) is 5.88 Å². The maximum atomic E-state index is 11.4. The average Bonchev–Trinajstić information content (AvgIpc) is 2.42. The van der Waals surface area contributed by atoms with Crippen LogP contribution in [0.1, 0.15) is 16.1 Å². The summed E-state index contributed by atoms with van der Waals surface area (Å²) in [6.07, 6.45) is 1.58. The van der Waals surface area contributed by atoms with Crippen LogP contribution in [-0.2, 0) is 0 Å². The van der Waals surface area contributed by atoms with Crippen molar-refractivity contribution in [3.63, 3.8) is 0 Å². The normalized spacial score (nSPS) is 9.62. The minimum absolute atomic E-state index is 0.0408. The van der Waals surface area contributed by atoms with Crippen LogP contribution in [0.3, 0.4) is 0 Å². The molecule has 0 aliphatic rings. The molecule has 0 atom stereocenters. The molecule has 0 aromatic carbocycles. The summed E-state index contributed by atoms with van der Waals surface area (Å²) >= 11 is 0. The number of anilines is 1. The van der Waals surface area contributed by atoms with Crippen molar-refractivity contribution in [2.75, 3.05) is 12.3 Å². The summed E-state index contributed by atoms with van der Waals surface area (Å²) in [6, 6.07) is 0. The maximum absolute atomic E-state index is 11.4. The van der Waals surface area contributed by atoms with E-state index in [1.54, 1.807) is 13.0 Å². The summed E-state index contributed by atoms with van der Waals surface area (Å²) in [4.78, 5) is 11.4. The highest BCUT2D eigenvalue weighted by Crippen LogP contribution is 2.14. The van der Waals surface area contributed by atoms with Gasteiger partial charge in [0.15, 0.2) is 0 Å². The summed E-state index contributed by atoms with van der Waals surface area (Å²) in [5, 5.41) is 6.14. The number of hydrogen-bond donors (Lipinski definition) is 2. The lowest BCUT2D eigenvalue weighted by molar-refractivity contribution is 0.0958. The molecular weight excluding hydrogens is 170 g/mol. The number of hydrogen-bond acceptors (Lipinski definition) is 4. The minimum atomic E-state index is -0.295. The lowest BCUT2D eigenvalue weighted by Crippen LogP contribution is -2.24. The third-order valence-corrected chi connectivity index (χ3v) is 1.52. The molecule has 1 aromatic rings. The molecule has 5 nitrogen and oxygen atoms in total. The summed E-state index contributed by atoms with van der Waals surface area (Å²) in [5.41, 5.74) is 6.18. The van der Waals surface area contributed by atoms with Gasteiger partial charge in [-0.3, -0.25) is 4.79 Å². The number of rotatable bonds is 3. The molecule has 0 radical (unpaired) electrons. The number of amides is 1. The van der Waals surface area contributed by atoms with Gasteiger partial charge in [-0.1, -0.05) is 11.2 Å². The molecule has 0 saturated carbocycles. The highest BCUT2D eigenvalue weighted by Gasteiger charge is 2.17. The molecular formula is C8H11N3O2. The van der Waals surface area contributed by atoms with Gasteiger partial charge in [0, 0.05) is 6.54 Å². The molecule has 0 bridgehead atoms. The zero-order valence-corrected chi connectivity index (χ0v) is 7.33. The number of nitrogens with two attached hydrogens (primary N) is 1. The first-order valence-corrected chi connectivity index (χ1v) is 3.77. The number of carbonyl (C=O) groups excluding carboxylic acids is 1. The number of aromatic nitrogens is 1. The van der Waals surface area contributed by atoms with E-state index in [2.05, 4.69) is 21.6 Å². The summed E-state index contributed by atoms with van der Waals surface area (Å²) in [6.45, 7) is 5.52. The predicted molar refractivity (Wildman–Crippen MR) is 48.2 cm³/mol. The first-order valence-electron chi connectivity index (χ1n) is 3.77. The van der Waals surface area contributed by atoms with Crippen molar-refractivity contribution in [1.29, 1.82) is 0 Å². The van der Waals surface area contributed by atoms with E-state index >= 15 is 0 Å². The van der Waals surface area contributed by atoms with Gasteiger partial charge in [-0.2, -0.15) is 0 Å². The van der Waals surface area contributed by atoms with Gasteiger partial charge in [0.1, 0.15) is 5.56 Å². The van der Waals surface area contributed by atoms with E-state index in [4.69, 9.17) is 5.73 Å². The van der Waals surface area contributed by atoms with Crippen LogP contribution in [0.15, 0.2) is 17.2 Å². The standard InChI is InChI=1S/C8H11N3O2/c1-3-4-10-8(12)6-5(2)11-13-7(6)9/h3H,1,4,9H2,2H3,(H,10,12). The summed E-state index contributed by atoms with van der Waals surface area (Å²) < 4.78 is 4.64. The van der Waals surface area contributed by atoms with E-state index < -0.39 is 0 Å². The van der Waals surface area contributed by atoms with Crippen LogP contribution < -0.4 is 11.1 Å². The molecule has 0 fully saturated rings. The van der Waals surface area contributed by atoms with Gasteiger partial charge in [-0.15, -0.1) is 6.58 Å². The van der Waals surface area contributed by atoms with Gasteiger partial charge in [0.2, 0.25) is 5.88 Å². The molecule has 70 valence electrons. The molecule has 0 aliphatic carbocycles. The fraction of sp³-hybridized carbons (Fsp3) is 0.250. The van der Waals surface area contributed by atoms with Crippen molar-refractivity contribution in [2.45, 2.75) is 6.92 Å². The average molecular weight is 181 g/mol. The quantitative estimate of drug-likeness (QED) is 0.664. The number of nitrogens with zero attached hydrogens (tertiary/aromatic N) is 1. The monoisotopic (exact) mass is 181 g/mol. The minimum Gasteiger partial charge on any atom is -0.367 e. The Kier molecular flexibility index (Phi) is 2.69. The highest BCUT2D eigenvalue weighted by molar-refractivity contribution is 5.99. The van der Waals surface area contributed by atoms with Crippen LogP contribution in [0.2, 0.25) is 0 Å². The van der Waals surface area contributed by atoms with Crippen molar-refractivity contribution in [3.8, 4) is 0 Å². The molecule has 0 spiro atoms. The van der Waals surface area contributed by atoms with E-state index in [1.807, 2.05) is 0 Å². The third-order valence-electron chi connectivity index (χ3n) is 1.52. The van der Waals surface area contributed by atoms with Gasteiger partial charge >= 0.3 is 0 Å². The number of nitrogens with one attached hydrogen (secondary N) is 1. The molecule has 1 amide bonds. The molecule has 0 aliphatic heterocycles. The second-order valence-electron chi connectivity index (χ2n) is 2.51. The predicted octanol–water partition coefficient (Wildman–Crippen LogP) is 0.481. The van der Waals surface area contributed by atoms with Crippen LogP contribution in [0.5, 0.6) is 0 Å². The van der Waals surface area contributed by atoms with Gasteiger partial charge in [0.05, 0.1) is 5.69 Å². The summed E-state index contributed by atoms with van der Waals surface area (Å²) in [7, 11) is 0. The smallest absolute Gasteiger partial charge is 0.259 e. The van der Waals surface area contributed by atoms with Crippen LogP contribution in [-0.4, -0.2) is 17.6 Å². The zero-order chi connectivity index (χ0) is 9.84. The second-order valence-corrected chi connectivity index (χ2v) is 2.51. The fourth-order valence-electron chi connectivity index (χ4n) is 0.917. The Hall–Kier alpha value is -1.78. The summed E-state index contributed by atoms with van der Waals surface area (Å²) in [5.74, 6) is -0.254. The zero-order valence-electron chi connectivity index (χ0n) is 7.33. The van der Waals surface area contributed by atoms with E-state index in [1.165, 1.54) is 0 Å².